The second kappa shape index (κ2) is 13.4. The van der Waals surface area contributed by atoms with Gasteiger partial charge in [0.05, 0.1) is 6.04 Å². The van der Waals surface area contributed by atoms with Crippen molar-refractivity contribution in [2.75, 3.05) is 26.2 Å². The number of nitrogens with zero attached hydrogens (tertiary/aromatic N) is 1. The van der Waals surface area contributed by atoms with Crippen molar-refractivity contribution in [3.05, 3.63) is 117 Å². The maximum Gasteiger partial charge on any atom is 0.251 e. The fraction of sp³-hybridized carbons (Fsp3) is 0.273. The number of carbonyl (C=O) groups excluding carboxylic acids is 2. The van der Waals surface area contributed by atoms with Crippen LogP contribution in [0.15, 0.2) is 97.1 Å². The molecule has 7 heteroatoms. The highest BCUT2D eigenvalue weighted by Crippen LogP contribution is 2.27. The second-order valence-electron chi connectivity index (χ2n) is 10.4. The van der Waals surface area contributed by atoms with E-state index in [4.69, 9.17) is 5.73 Å². The number of hydrogen-bond donors (Lipinski definition) is 3. The highest BCUT2D eigenvalue weighted by Gasteiger charge is 2.32. The lowest BCUT2D eigenvalue weighted by molar-refractivity contribution is -0.133. The molecule has 4 N–H and O–H groups in total. The molecule has 6 nitrogen and oxygen atoms in total. The van der Waals surface area contributed by atoms with E-state index in [-0.39, 0.29) is 29.8 Å². The zero-order valence-corrected chi connectivity index (χ0v) is 24.6. The molecule has 2 atom stereocenters. The van der Waals surface area contributed by atoms with Crippen molar-refractivity contribution in [3.8, 4) is 0 Å². The Bertz CT molecular complexity index is 1410. The van der Waals surface area contributed by atoms with Gasteiger partial charge in [-0.1, -0.05) is 72.8 Å². The van der Waals surface area contributed by atoms with E-state index in [9.17, 15) is 9.59 Å². The van der Waals surface area contributed by atoms with E-state index in [1.807, 2.05) is 71.6 Å². The Labute approximate surface area is 249 Å². The molecule has 1 aliphatic heterocycles. The Balaban J connectivity index is 1.28. The molecule has 206 valence electrons. The van der Waals surface area contributed by atoms with E-state index < -0.39 is 0 Å². The molecule has 0 saturated carbocycles. The van der Waals surface area contributed by atoms with Crippen LogP contribution in [0.3, 0.4) is 0 Å². The fourth-order valence-corrected chi connectivity index (χ4v) is 5.98. The molecule has 1 heterocycles. The van der Waals surface area contributed by atoms with Crippen LogP contribution >= 0.6 is 22.6 Å². The van der Waals surface area contributed by atoms with Gasteiger partial charge in [0, 0.05) is 40.7 Å². The van der Waals surface area contributed by atoms with E-state index >= 15 is 0 Å². The van der Waals surface area contributed by atoms with Gasteiger partial charge >= 0.3 is 0 Å². The quantitative estimate of drug-likeness (QED) is 0.226. The number of benzene rings is 4. The van der Waals surface area contributed by atoms with Crippen LogP contribution in [-0.4, -0.2) is 55.0 Å². The Kier molecular flexibility index (Phi) is 9.46. The van der Waals surface area contributed by atoms with E-state index in [0.29, 0.717) is 38.2 Å². The zero-order chi connectivity index (χ0) is 27.9. The number of nitrogens with two attached hydrogens (primary N) is 1. The lowest BCUT2D eigenvalue weighted by Crippen LogP contribution is -2.49. The van der Waals surface area contributed by atoms with Crippen molar-refractivity contribution in [2.24, 2.45) is 5.73 Å². The second-order valence-corrected chi connectivity index (χ2v) is 11.6. The molecule has 1 fully saturated rings. The molecular weight excluding hydrogens is 611 g/mol. The van der Waals surface area contributed by atoms with Gasteiger partial charge in [0.25, 0.3) is 5.91 Å². The SMILES string of the molecule is NCC[C@@H]1N[C@H](CNC(=O)c2ccc3cc(I)ccc3c2)CCN(CC(c2ccccc2)c2ccccc2)C1=O. The first kappa shape index (κ1) is 28.3. The summed E-state index contributed by atoms with van der Waals surface area (Å²) in [6.07, 6.45) is 1.28. The Morgan fingerprint density at radius 3 is 2.27 bits per heavy atom. The average Bonchev–Trinajstić information content (AvgIpc) is 3.13. The van der Waals surface area contributed by atoms with Gasteiger partial charge in [0.1, 0.15) is 0 Å². The van der Waals surface area contributed by atoms with Crippen LogP contribution in [0, 0.1) is 3.57 Å². The van der Waals surface area contributed by atoms with Crippen LogP contribution in [0.25, 0.3) is 10.8 Å². The van der Waals surface area contributed by atoms with Crippen molar-refractivity contribution >= 4 is 45.2 Å². The first-order chi connectivity index (χ1) is 19.5. The third-order valence-corrected chi connectivity index (χ3v) is 8.30. The van der Waals surface area contributed by atoms with E-state index in [0.717, 1.165) is 20.8 Å². The molecule has 0 aromatic heterocycles. The number of hydrogen-bond acceptors (Lipinski definition) is 4. The summed E-state index contributed by atoms with van der Waals surface area (Å²) in [6.45, 7) is 2.04. The zero-order valence-electron chi connectivity index (χ0n) is 22.4. The first-order valence-electron chi connectivity index (χ1n) is 13.8. The van der Waals surface area contributed by atoms with Gasteiger partial charge in [-0.05, 0) is 88.1 Å². The van der Waals surface area contributed by atoms with Gasteiger partial charge in [-0.15, -0.1) is 0 Å². The minimum Gasteiger partial charge on any atom is -0.350 e. The minimum atomic E-state index is -0.384. The van der Waals surface area contributed by atoms with E-state index in [1.54, 1.807) is 0 Å². The largest absolute Gasteiger partial charge is 0.350 e. The molecule has 0 spiro atoms. The summed E-state index contributed by atoms with van der Waals surface area (Å²) in [5, 5.41) is 8.75. The predicted molar refractivity (Wildman–Crippen MR) is 169 cm³/mol. The molecule has 5 rings (SSSR count). The highest BCUT2D eigenvalue weighted by molar-refractivity contribution is 14.1. The summed E-state index contributed by atoms with van der Waals surface area (Å²) in [6, 6.07) is 32.3. The highest BCUT2D eigenvalue weighted by atomic mass is 127. The molecular formula is C33H35IN4O2. The molecule has 0 aliphatic carbocycles. The smallest absolute Gasteiger partial charge is 0.251 e. The lowest BCUT2D eigenvalue weighted by Gasteiger charge is -2.29. The molecule has 4 aromatic carbocycles. The van der Waals surface area contributed by atoms with Gasteiger partial charge in [-0.25, -0.2) is 0 Å². The topological polar surface area (TPSA) is 87.5 Å². The van der Waals surface area contributed by atoms with Gasteiger partial charge in [-0.2, -0.15) is 0 Å². The van der Waals surface area contributed by atoms with Gasteiger partial charge in [-0.3, -0.25) is 9.59 Å². The third-order valence-electron chi connectivity index (χ3n) is 7.63. The summed E-state index contributed by atoms with van der Waals surface area (Å²) in [7, 11) is 0. The number of fused-ring (bicyclic) bond motifs is 1. The molecule has 0 unspecified atom stereocenters. The number of nitrogens with one attached hydrogen (secondary N) is 2. The number of carbonyl (C=O) groups is 2. The number of rotatable bonds is 9. The van der Waals surface area contributed by atoms with Crippen LogP contribution in [0.5, 0.6) is 0 Å². The monoisotopic (exact) mass is 646 g/mol. The summed E-state index contributed by atoms with van der Waals surface area (Å²) in [4.78, 5) is 28.7. The van der Waals surface area contributed by atoms with Gasteiger partial charge in [0.2, 0.25) is 5.91 Å². The third kappa shape index (κ3) is 6.89. The van der Waals surface area contributed by atoms with Crippen LogP contribution in [0.1, 0.15) is 40.2 Å². The molecule has 0 radical (unpaired) electrons. The Hall–Kier alpha value is -3.27. The minimum absolute atomic E-state index is 0.0385. The van der Waals surface area contributed by atoms with Crippen molar-refractivity contribution in [1.29, 1.82) is 0 Å². The van der Waals surface area contributed by atoms with E-state index in [1.165, 1.54) is 11.1 Å². The molecule has 0 bridgehead atoms. The van der Waals surface area contributed by atoms with Crippen LogP contribution < -0.4 is 16.4 Å². The Morgan fingerprint density at radius 2 is 1.60 bits per heavy atom. The summed E-state index contributed by atoms with van der Waals surface area (Å²) in [5.41, 5.74) is 8.92. The average molecular weight is 647 g/mol. The Morgan fingerprint density at radius 1 is 0.950 bits per heavy atom. The van der Waals surface area contributed by atoms with Gasteiger partial charge < -0.3 is 21.3 Å². The van der Waals surface area contributed by atoms with Crippen molar-refractivity contribution < 1.29 is 9.59 Å². The molecule has 40 heavy (non-hydrogen) atoms. The van der Waals surface area contributed by atoms with Crippen molar-refractivity contribution in [3.63, 3.8) is 0 Å². The molecule has 4 aromatic rings. The number of amides is 2. The van der Waals surface area contributed by atoms with Gasteiger partial charge in [0.15, 0.2) is 0 Å². The summed E-state index contributed by atoms with van der Waals surface area (Å²) < 4.78 is 1.16. The standard InChI is InChI=1S/C33H35IN4O2/c34-28-14-13-25-19-27(12-11-26(25)20-28)32(39)36-21-29-16-18-38(33(40)31(37-29)15-17-35)22-30(23-7-3-1-4-8-23)24-9-5-2-6-10-24/h1-14,19-20,29-31,37H,15-18,21-22,35H2,(H,36,39)/t29-,31-/m0/s1. The maximum absolute atomic E-state index is 13.7. The van der Waals surface area contributed by atoms with E-state index in [2.05, 4.69) is 63.6 Å². The van der Waals surface area contributed by atoms with Crippen LogP contribution in [0.4, 0.5) is 0 Å². The summed E-state index contributed by atoms with van der Waals surface area (Å²) in [5.74, 6) is 0.0240. The first-order valence-corrected chi connectivity index (χ1v) is 14.9. The normalized spacial score (nSPS) is 17.7. The lowest BCUT2D eigenvalue weighted by atomic mass is 9.90. The fourth-order valence-electron chi connectivity index (χ4n) is 5.47. The van der Waals surface area contributed by atoms with Crippen molar-refractivity contribution in [2.45, 2.75) is 30.8 Å². The predicted octanol–water partition coefficient (Wildman–Crippen LogP) is 4.91. The maximum atomic E-state index is 13.7. The number of halogens is 1. The summed E-state index contributed by atoms with van der Waals surface area (Å²) >= 11 is 2.29. The van der Waals surface area contributed by atoms with Crippen LogP contribution in [0.2, 0.25) is 0 Å². The molecule has 2 amide bonds. The van der Waals surface area contributed by atoms with Crippen LogP contribution in [-0.2, 0) is 4.79 Å². The molecule has 1 aliphatic rings. The van der Waals surface area contributed by atoms with Crippen molar-refractivity contribution in [1.82, 2.24) is 15.5 Å². The molecule has 1 saturated heterocycles.